The second-order valence-electron chi connectivity index (χ2n) is 5.79. The Morgan fingerprint density at radius 3 is 2.13 bits per heavy atom. The predicted octanol–water partition coefficient (Wildman–Crippen LogP) is 4.21. The Kier molecular flexibility index (Phi) is 6.21. The van der Waals surface area contributed by atoms with Crippen LogP contribution >= 0.6 is 0 Å². The molecule has 0 aromatic heterocycles. The Morgan fingerprint density at radius 1 is 1.04 bits per heavy atom. The lowest BCUT2D eigenvalue weighted by Crippen LogP contribution is -2.30. The number of carbonyl (C=O) groups excluding carboxylic acids is 1. The van der Waals surface area contributed by atoms with E-state index in [1.54, 1.807) is 6.92 Å². The van der Waals surface area contributed by atoms with Crippen molar-refractivity contribution in [2.24, 2.45) is 0 Å². The third-order valence-corrected chi connectivity index (χ3v) is 3.77. The number of rotatable bonds is 7. The highest BCUT2D eigenvalue weighted by atomic mass is 16.5. The van der Waals surface area contributed by atoms with E-state index in [1.165, 1.54) is 16.7 Å². The number of hydrogen-bond acceptors (Lipinski definition) is 2. The molecule has 0 spiro atoms. The van der Waals surface area contributed by atoms with E-state index in [0.717, 1.165) is 18.6 Å². The Balaban J connectivity index is 1.94. The standard InChI is InChI=1S/C20H25NO2/c1-4-23-20-13-11-19(12-14-20)18-9-7-17(8-10-18)6-5-15(2)21-16(3)22/h7-15H,4-6H2,1-3H3,(H,21,22). The molecule has 1 amide bonds. The van der Waals surface area contributed by atoms with E-state index in [0.29, 0.717) is 6.61 Å². The summed E-state index contributed by atoms with van der Waals surface area (Å²) in [6, 6.07) is 17.0. The van der Waals surface area contributed by atoms with Gasteiger partial charge in [0.2, 0.25) is 5.91 Å². The van der Waals surface area contributed by atoms with E-state index >= 15 is 0 Å². The molecule has 2 aromatic carbocycles. The van der Waals surface area contributed by atoms with Crippen molar-refractivity contribution in [3.63, 3.8) is 0 Å². The maximum absolute atomic E-state index is 11.0. The zero-order valence-electron chi connectivity index (χ0n) is 14.1. The van der Waals surface area contributed by atoms with E-state index in [4.69, 9.17) is 4.74 Å². The highest BCUT2D eigenvalue weighted by molar-refractivity contribution is 5.73. The first kappa shape index (κ1) is 17.1. The number of nitrogens with one attached hydrogen (secondary N) is 1. The summed E-state index contributed by atoms with van der Waals surface area (Å²) in [5.41, 5.74) is 3.68. The van der Waals surface area contributed by atoms with Crippen LogP contribution in [-0.4, -0.2) is 18.6 Å². The van der Waals surface area contributed by atoms with Crippen molar-refractivity contribution in [2.75, 3.05) is 6.61 Å². The third kappa shape index (κ3) is 5.44. The van der Waals surface area contributed by atoms with Gasteiger partial charge in [-0.05, 0) is 55.5 Å². The van der Waals surface area contributed by atoms with Gasteiger partial charge in [0.1, 0.15) is 5.75 Å². The van der Waals surface area contributed by atoms with Crippen LogP contribution in [0.2, 0.25) is 0 Å². The van der Waals surface area contributed by atoms with Crippen LogP contribution in [0.4, 0.5) is 0 Å². The van der Waals surface area contributed by atoms with Gasteiger partial charge in [-0.1, -0.05) is 36.4 Å². The minimum Gasteiger partial charge on any atom is -0.494 e. The summed E-state index contributed by atoms with van der Waals surface area (Å²) in [7, 11) is 0. The Morgan fingerprint density at radius 2 is 1.61 bits per heavy atom. The molecule has 0 saturated heterocycles. The van der Waals surface area contributed by atoms with Crippen LogP contribution in [0, 0.1) is 0 Å². The third-order valence-electron chi connectivity index (χ3n) is 3.77. The number of hydrogen-bond donors (Lipinski definition) is 1. The molecule has 3 nitrogen and oxygen atoms in total. The number of benzene rings is 2. The van der Waals surface area contributed by atoms with Gasteiger partial charge in [0.25, 0.3) is 0 Å². The number of carbonyl (C=O) groups is 1. The molecule has 0 aliphatic heterocycles. The second kappa shape index (κ2) is 8.37. The molecule has 0 radical (unpaired) electrons. The normalized spacial score (nSPS) is 11.8. The van der Waals surface area contributed by atoms with Gasteiger partial charge in [-0.3, -0.25) is 4.79 Å². The van der Waals surface area contributed by atoms with Crippen molar-refractivity contribution in [3.8, 4) is 16.9 Å². The average Bonchev–Trinajstić information content (AvgIpc) is 2.54. The number of aryl methyl sites for hydroxylation is 1. The van der Waals surface area contributed by atoms with Crippen LogP contribution in [0.3, 0.4) is 0 Å². The van der Waals surface area contributed by atoms with Crippen molar-refractivity contribution in [1.29, 1.82) is 0 Å². The fourth-order valence-corrected chi connectivity index (χ4v) is 2.58. The zero-order chi connectivity index (χ0) is 16.7. The maximum atomic E-state index is 11.0. The summed E-state index contributed by atoms with van der Waals surface area (Å²) in [5, 5.41) is 2.92. The van der Waals surface area contributed by atoms with Gasteiger partial charge in [-0.2, -0.15) is 0 Å². The van der Waals surface area contributed by atoms with Crippen molar-refractivity contribution >= 4 is 5.91 Å². The largest absolute Gasteiger partial charge is 0.494 e. The molecule has 2 rings (SSSR count). The van der Waals surface area contributed by atoms with Crippen LogP contribution in [0.25, 0.3) is 11.1 Å². The summed E-state index contributed by atoms with van der Waals surface area (Å²) >= 11 is 0. The van der Waals surface area contributed by atoms with Crippen molar-refractivity contribution in [2.45, 2.75) is 39.7 Å². The molecule has 0 aliphatic rings. The quantitative estimate of drug-likeness (QED) is 0.832. The topological polar surface area (TPSA) is 38.3 Å². The van der Waals surface area contributed by atoms with Crippen molar-refractivity contribution < 1.29 is 9.53 Å². The first-order chi connectivity index (χ1) is 11.1. The first-order valence-corrected chi connectivity index (χ1v) is 8.17. The molecule has 0 heterocycles. The summed E-state index contributed by atoms with van der Waals surface area (Å²) in [6.07, 6.45) is 1.91. The van der Waals surface area contributed by atoms with E-state index < -0.39 is 0 Å². The van der Waals surface area contributed by atoms with Gasteiger partial charge < -0.3 is 10.1 Å². The molecule has 23 heavy (non-hydrogen) atoms. The fraction of sp³-hybridized carbons (Fsp3) is 0.350. The van der Waals surface area contributed by atoms with Crippen LogP contribution in [0.5, 0.6) is 5.75 Å². The van der Waals surface area contributed by atoms with Gasteiger partial charge in [-0.25, -0.2) is 0 Å². The van der Waals surface area contributed by atoms with E-state index in [-0.39, 0.29) is 11.9 Å². The van der Waals surface area contributed by atoms with Gasteiger partial charge >= 0.3 is 0 Å². The highest BCUT2D eigenvalue weighted by Gasteiger charge is 2.04. The lowest BCUT2D eigenvalue weighted by atomic mass is 10.0. The monoisotopic (exact) mass is 311 g/mol. The first-order valence-electron chi connectivity index (χ1n) is 8.17. The Bertz CT molecular complexity index is 617. The van der Waals surface area contributed by atoms with Crippen LogP contribution in [0.15, 0.2) is 48.5 Å². The molecule has 122 valence electrons. The fourth-order valence-electron chi connectivity index (χ4n) is 2.58. The summed E-state index contributed by atoms with van der Waals surface area (Å²) in [4.78, 5) is 11.0. The maximum Gasteiger partial charge on any atom is 0.217 e. The smallest absolute Gasteiger partial charge is 0.217 e. The van der Waals surface area contributed by atoms with E-state index in [2.05, 4.69) is 41.7 Å². The molecule has 2 aromatic rings. The minimum atomic E-state index is 0.0309. The minimum absolute atomic E-state index is 0.0309. The molecule has 1 atom stereocenters. The van der Waals surface area contributed by atoms with Gasteiger partial charge in [-0.15, -0.1) is 0 Å². The second-order valence-corrected chi connectivity index (χ2v) is 5.79. The Labute approximate surface area is 138 Å². The SMILES string of the molecule is CCOc1ccc(-c2ccc(CCC(C)NC(C)=O)cc2)cc1. The van der Waals surface area contributed by atoms with Gasteiger partial charge in [0, 0.05) is 13.0 Å². The molecular weight excluding hydrogens is 286 g/mol. The predicted molar refractivity (Wildman–Crippen MR) is 94.6 cm³/mol. The van der Waals surface area contributed by atoms with Gasteiger partial charge in [0.15, 0.2) is 0 Å². The van der Waals surface area contributed by atoms with Crippen LogP contribution in [-0.2, 0) is 11.2 Å². The molecule has 3 heteroatoms. The van der Waals surface area contributed by atoms with Crippen LogP contribution < -0.4 is 10.1 Å². The van der Waals surface area contributed by atoms with Gasteiger partial charge in [0.05, 0.1) is 6.61 Å². The van der Waals surface area contributed by atoms with E-state index in [1.807, 2.05) is 26.0 Å². The summed E-state index contributed by atoms with van der Waals surface area (Å²) < 4.78 is 5.47. The molecule has 1 N–H and O–H groups in total. The Hall–Kier alpha value is -2.29. The van der Waals surface area contributed by atoms with Crippen LogP contribution in [0.1, 0.15) is 32.8 Å². The molecule has 0 aliphatic carbocycles. The van der Waals surface area contributed by atoms with Crippen molar-refractivity contribution in [3.05, 3.63) is 54.1 Å². The summed E-state index contributed by atoms with van der Waals surface area (Å²) in [5.74, 6) is 0.933. The molecular formula is C20H25NO2. The number of ether oxygens (including phenoxy) is 1. The average molecular weight is 311 g/mol. The lowest BCUT2D eigenvalue weighted by molar-refractivity contribution is -0.119. The number of amides is 1. The molecule has 1 unspecified atom stereocenters. The molecule has 0 saturated carbocycles. The summed E-state index contributed by atoms with van der Waals surface area (Å²) in [6.45, 7) is 6.27. The molecule has 0 bridgehead atoms. The van der Waals surface area contributed by atoms with Crippen molar-refractivity contribution in [1.82, 2.24) is 5.32 Å². The lowest BCUT2D eigenvalue weighted by Gasteiger charge is -2.12. The molecule has 0 fully saturated rings. The van der Waals surface area contributed by atoms with E-state index in [9.17, 15) is 4.79 Å². The zero-order valence-corrected chi connectivity index (χ0v) is 14.1. The highest BCUT2D eigenvalue weighted by Crippen LogP contribution is 2.23.